The predicted molar refractivity (Wildman–Crippen MR) is 79.3 cm³/mol. The summed E-state index contributed by atoms with van der Waals surface area (Å²) in [4.78, 5) is 0. The fourth-order valence-corrected chi connectivity index (χ4v) is 4.28. The number of benzene rings is 1. The van der Waals surface area contributed by atoms with E-state index in [4.69, 9.17) is 0 Å². The third kappa shape index (κ3) is 1.96. The van der Waals surface area contributed by atoms with Crippen molar-refractivity contribution in [1.82, 2.24) is 0 Å². The first-order chi connectivity index (χ1) is 9.72. The molecule has 0 aliphatic heterocycles. The minimum atomic E-state index is -0.839. The average Bonchev–Trinajstić information content (AvgIpc) is 2.72. The van der Waals surface area contributed by atoms with Crippen LogP contribution in [0.2, 0.25) is 0 Å². The van der Waals surface area contributed by atoms with Gasteiger partial charge in [-0.3, -0.25) is 0 Å². The van der Waals surface area contributed by atoms with E-state index in [1.54, 1.807) is 0 Å². The van der Waals surface area contributed by atoms with Gasteiger partial charge >= 0.3 is 0 Å². The van der Waals surface area contributed by atoms with Crippen molar-refractivity contribution in [2.75, 3.05) is 0 Å². The topological polar surface area (TPSA) is 44.0 Å². The lowest BCUT2D eigenvalue weighted by Gasteiger charge is -2.46. The van der Waals surface area contributed by atoms with E-state index in [2.05, 4.69) is 18.2 Å². The summed E-state index contributed by atoms with van der Waals surface area (Å²) in [7, 11) is 0. The van der Waals surface area contributed by atoms with Gasteiger partial charge in [0.2, 0.25) is 0 Å². The largest absolute Gasteiger partial charge is 0.388 e. The van der Waals surface area contributed by atoms with Gasteiger partial charge in [0.25, 0.3) is 0 Å². The molecule has 1 aromatic carbocycles. The van der Waals surface area contributed by atoms with Crippen LogP contribution in [0.25, 0.3) is 0 Å². The van der Waals surface area contributed by atoms with E-state index < -0.39 is 11.0 Å². The number of aliphatic hydroxyl groups is 1. The summed E-state index contributed by atoms with van der Waals surface area (Å²) < 4.78 is 0. The zero-order valence-electron chi connectivity index (χ0n) is 12.1. The van der Waals surface area contributed by atoms with E-state index in [9.17, 15) is 10.4 Å². The van der Waals surface area contributed by atoms with Gasteiger partial charge in [-0.25, -0.2) is 0 Å². The van der Waals surface area contributed by atoms with Crippen molar-refractivity contribution in [3.8, 4) is 6.07 Å². The summed E-state index contributed by atoms with van der Waals surface area (Å²) in [5.74, 6) is 0. The standard InChI is InChI=1S/C18H23NO/c19-14-17(18(20)12-5-1-2-6-13-18)11-7-9-15-8-3-4-10-16(15)17/h3-4,8,10,20H,1-2,5-7,9,11-13H2. The molecule has 3 rings (SSSR count). The number of nitrogens with zero attached hydrogens (tertiary/aromatic N) is 1. The fourth-order valence-electron chi connectivity index (χ4n) is 4.28. The lowest BCUT2D eigenvalue weighted by atomic mass is 9.59. The third-order valence-corrected chi connectivity index (χ3v) is 5.39. The molecule has 1 aromatic rings. The third-order valence-electron chi connectivity index (χ3n) is 5.39. The molecule has 1 N–H and O–H groups in total. The van der Waals surface area contributed by atoms with Crippen molar-refractivity contribution >= 4 is 0 Å². The van der Waals surface area contributed by atoms with E-state index in [0.717, 1.165) is 50.5 Å². The lowest BCUT2D eigenvalue weighted by molar-refractivity contribution is -0.0371. The van der Waals surface area contributed by atoms with Crippen LogP contribution in [0.3, 0.4) is 0 Å². The molecule has 0 saturated heterocycles. The second-order valence-electron chi connectivity index (χ2n) is 6.47. The Balaban J connectivity index is 2.10. The maximum Gasteiger partial charge on any atom is 0.111 e. The van der Waals surface area contributed by atoms with Gasteiger partial charge in [-0.2, -0.15) is 5.26 Å². The van der Waals surface area contributed by atoms with Gasteiger partial charge in [-0.05, 0) is 43.2 Å². The Hall–Kier alpha value is -1.33. The SMILES string of the molecule is N#CC1(C2(O)CCCCCC2)CCCc2ccccc21. The van der Waals surface area contributed by atoms with Crippen LogP contribution in [0.5, 0.6) is 0 Å². The van der Waals surface area contributed by atoms with Gasteiger partial charge in [0, 0.05) is 0 Å². The molecule has 0 bridgehead atoms. The molecule has 1 atom stereocenters. The summed E-state index contributed by atoms with van der Waals surface area (Å²) in [6, 6.07) is 10.8. The van der Waals surface area contributed by atoms with Crippen LogP contribution in [0.1, 0.15) is 62.5 Å². The molecule has 0 amide bonds. The van der Waals surface area contributed by atoms with E-state index in [1.165, 1.54) is 18.4 Å². The molecule has 1 unspecified atom stereocenters. The summed E-state index contributed by atoms with van der Waals surface area (Å²) in [5, 5.41) is 21.3. The molecular weight excluding hydrogens is 246 g/mol. The van der Waals surface area contributed by atoms with Crippen LogP contribution in [0.4, 0.5) is 0 Å². The molecule has 20 heavy (non-hydrogen) atoms. The quantitative estimate of drug-likeness (QED) is 0.786. The van der Waals surface area contributed by atoms with Crippen LogP contribution < -0.4 is 0 Å². The van der Waals surface area contributed by atoms with E-state index in [0.29, 0.717) is 0 Å². The summed E-state index contributed by atoms with van der Waals surface area (Å²) >= 11 is 0. The Morgan fingerprint density at radius 3 is 2.35 bits per heavy atom. The van der Waals surface area contributed by atoms with Gasteiger partial charge in [0.1, 0.15) is 5.41 Å². The maximum absolute atomic E-state index is 11.4. The van der Waals surface area contributed by atoms with E-state index >= 15 is 0 Å². The van der Waals surface area contributed by atoms with Crippen molar-refractivity contribution < 1.29 is 5.11 Å². The predicted octanol–water partition coefficient (Wildman–Crippen LogP) is 3.87. The smallest absolute Gasteiger partial charge is 0.111 e. The second kappa shape index (κ2) is 5.22. The number of fused-ring (bicyclic) bond motifs is 1. The number of aryl methyl sites for hydroxylation is 1. The summed E-state index contributed by atoms with van der Waals surface area (Å²) in [5.41, 5.74) is 0.831. The lowest BCUT2D eigenvalue weighted by Crippen LogP contribution is -2.52. The van der Waals surface area contributed by atoms with Gasteiger partial charge in [-0.15, -0.1) is 0 Å². The van der Waals surface area contributed by atoms with Crippen molar-refractivity contribution in [1.29, 1.82) is 5.26 Å². The highest BCUT2D eigenvalue weighted by Gasteiger charge is 2.53. The first kappa shape index (κ1) is 13.6. The Bertz CT molecular complexity index is 522. The fraction of sp³-hybridized carbons (Fsp3) is 0.611. The first-order valence-corrected chi connectivity index (χ1v) is 7.94. The van der Waals surface area contributed by atoms with Gasteiger partial charge in [0.05, 0.1) is 11.7 Å². The van der Waals surface area contributed by atoms with Crippen LogP contribution in [-0.2, 0) is 11.8 Å². The summed E-state index contributed by atoms with van der Waals surface area (Å²) in [6.07, 6.45) is 8.85. The molecule has 1 saturated carbocycles. The van der Waals surface area contributed by atoms with Gasteiger partial charge < -0.3 is 5.11 Å². The Morgan fingerprint density at radius 1 is 0.950 bits per heavy atom. The van der Waals surface area contributed by atoms with Crippen molar-refractivity contribution in [2.45, 2.75) is 68.8 Å². The highest BCUT2D eigenvalue weighted by Crippen LogP contribution is 2.49. The number of hydrogen-bond donors (Lipinski definition) is 1. The van der Waals surface area contributed by atoms with Gasteiger partial charge in [0.15, 0.2) is 0 Å². The van der Waals surface area contributed by atoms with Crippen LogP contribution in [-0.4, -0.2) is 10.7 Å². The Kier molecular flexibility index (Phi) is 3.56. The van der Waals surface area contributed by atoms with Crippen LogP contribution in [0, 0.1) is 11.3 Å². The first-order valence-electron chi connectivity index (χ1n) is 7.94. The molecule has 106 valence electrons. The van der Waals surface area contributed by atoms with Crippen molar-refractivity contribution in [2.24, 2.45) is 0 Å². The molecule has 0 radical (unpaired) electrons. The van der Waals surface area contributed by atoms with E-state index in [1.807, 2.05) is 12.1 Å². The Morgan fingerprint density at radius 2 is 1.65 bits per heavy atom. The molecule has 0 aromatic heterocycles. The molecule has 1 fully saturated rings. The minimum Gasteiger partial charge on any atom is -0.388 e. The second-order valence-corrected chi connectivity index (χ2v) is 6.47. The van der Waals surface area contributed by atoms with Crippen molar-refractivity contribution in [3.63, 3.8) is 0 Å². The van der Waals surface area contributed by atoms with Gasteiger partial charge in [-0.1, -0.05) is 49.9 Å². The minimum absolute atomic E-state index is 0.688. The molecule has 2 aliphatic rings. The molecule has 0 spiro atoms. The van der Waals surface area contributed by atoms with E-state index in [-0.39, 0.29) is 0 Å². The maximum atomic E-state index is 11.4. The Labute approximate surface area is 121 Å². The molecule has 0 heterocycles. The molecule has 2 heteroatoms. The van der Waals surface area contributed by atoms with Crippen molar-refractivity contribution in [3.05, 3.63) is 35.4 Å². The molecule has 2 nitrogen and oxygen atoms in total. The van der Waals surface area contributed by atoms with Crippen LogP contribution in [0.15, 0.2) is 24.3 Å². The average molecular weight is 269 g/mol. The normalized spacial score (nSPS) is 29.0. The number of nitriles is 1. The zero-order valence-corrected chi connectivity index (χ0v) is 12.1. The monoisotopic (exact) mass is 269 g/mol. The summed E-state index contributed by atoms with van der Waals surface area (Å²) in [6.45, 7) is 0. The van der Waals surface area contributed by atoms with Crippen LogP contribution >= 0.6 is 0 Å². The zero-order chi connectivity index (χ0) is 14.1. The highest BCUT2D eigenvalue weighted by molar-refractivity contribution is 5.45. The number of rotatable bonds is 1. The number of hydrogen-bond acceptors (Lipinski definition) is 2. The molecule has 2 aliphatic carbocycles. The molecular formula is C18H23NO. The highest BCUT2D eigenvalue weighted by atomic mass is 16.3.